The molecule has 0 unspecified atom stereocenters. The summed E-state index contributed by atoms with van der Waals surface area (Å²) in [7, 11) is 0. The van der Waals surface area contributed by atoms with E-state index in [0.29, 0.717) is 0 Å². The van der Waals surface area contributed by atoms with Crippen LogP contribution in [-0.4, -0.2) is 22.3 Å². The number of nitrogens with zero attached hydrogens (tertiary/aromatic N) is 1. The zero-order chi connectivity index (χ0) is 18.2. The van der Waals surface area contributed by atoms with E-state index < -0.39 is 17.7 Å². The van der Waals surface area contributed by atoms with E-state index in [1.807, 2.05) is 50.2 Å². The van der Waals surface area contributed by atoms with Gasteiger partial charge in [0.25, 0.3) is 5.79 Å². The first kappa shape index (κ1) is 16.8. The summed E-state index contributed by atoms with van der Waals surface area (Å²) in [5.74, 6) is -2.65. The summed E-state index contributed by atoms with van der Waals surface area (Å²) in [4.78, 5) is 23.9. The number of hydrogen-bond donors (Lipinski definition) is 1. The Kier molecular flexibility index (Phi) is 4.12. The summed E-state index contributed by atoms with van der Waals surface area (Å²) < 4.78 is 12.2. The molecule has 2 aromatic rings. The van der Waals surface area contributed by atoms with E-state index in [1.54, 1.807) is 0 Å². The lowest BCUT2D eigenvalue weighted by Gasteiger charge is -2.29. The lowest BCUT2D eigenvalue weighted by atomic mass is 10.2. The van der Waals surface area contributed by atoms with Gasteiger partial charge in [-0.25, -0.2) is 9.59 Å². The minimum absolute atomic E-state index is 0.168. The molecule has 1 aliphatic rings. The number of carbonyl (C=O) groups excluding carboxylic acids is 2. The molecule has 3 rings (SSSR count). The molecule has 1 N–H and O–H groups in total. The van der Waals surface area contributed by atoms with E-state index in [9.17, 15) is 9.59 Å². The third-order valence-corrected chi connectivity index (χ3v) is 3.88. The number of anilines is 1. The highest BCUT2D eigenvalue weighted by molar-refractivity contribution is 6.15. The van der Waals surface area contributed by atoms with E-state index in [2.05, 4.69) is 9.88 Å². The Bertz CT molecular complexity index is 836. The maximum absolute atomic E-state index is 11.9. The molecule has 0 spiro atoms. The highest BCUT2D eigenvalue weighted by Gasteiger charge is 2.38. The normalized spacial score (nSPS) is 16.2. The summed E-state index contributed by atoms with van der Waals surface area (Å²) in [5.41, 5.74) is 3.80. The molecule has 0 atom stereocenters. The fraction of sp³-hybridized carbons (Fsp3) is 0.263. The van der Waals surface area contributed by atoms with Crippen LogP contribution in [0.1, 0.15) is 25.2 Å². The lowest BCUT2D eigenvalue weighted by molar-refractivity contribution is -0.222. The van der Waals surface area contributed by atoms with Crippen molar-refractivity contribution in [1.29, 1.82) is 0 Å². The zero-order valence-corrected chi connectivity index (χ0v) is 14.6. The topological polar surface area (TPSA) is 69.6 Å². The van der Waals surface area contributed by atoms with E-state index >= 15 is 0 Å². The van der Waals surface area contributed by atoms with Crippen molar-refractivity contribution in [3.8, 4) is 5.69 Å². The Labute approximate surface area is 146 Å². The fourth-order valence-corrected chi connectivity index (χ4v) is 2.74. The molecule has 130 valence electrons. The van der Waals surface area contributed by atoms with Crippen LogP contribution in [0.5, 0.6) is 0 Å². The van der Waals surface area contributed by atoms with Gasteiger partial charge in [-0.1, -0.05) is 6.07 Å². The third kappa shape index (κ3) is 3.42. The van der Waals surface area contributed by atoms with Crippen molar-refractivity contribution in [3.63, 3.8) is 0 Å². The molecule has 0 radical (unpaired) electrons. The second kappa shape index (κ2) is 6.12. The second-order valence-electron chi connectivity index (χ2n) is 6.38. The number of aromatic nitrogens is 1. The molecule has 0 bridgehead atoms. The number of cyclic esters (lactones) is 2. The van der Waals surface area contributed by atoms with Crippen molar-refractivity contribution in [2.45, 2.75) is 33.5 Å². The quantitative estimate of drug-likeness (QED) is 0.528. The van der Waals surface area contributed by atoms with Crippen LogP contribution in [0.4, 0.5) is 5.69 Å². The Hall–Kier alpha value is -3.02. The van der Waals surface area contributed by atoms with Crippen LogP contribution < -0.4 is 5.32 Å². The summed E-state index contributed by atoms with van der Waals surface area (Å²) in [5, 5.41) is 2.97. The standard InChI is InChI=1S/C19H20N2O4/c1-12-8-9-13(2)21(12)15-7-5-6-14(10-15)20-11-16-17(22)24-19(3,4)25-18(16)23/h5-11,20H,1-4H3. The van der Waals surface area contributed by atoms with Gasteiger partial charge in [0.1, 0.15) is 0 Å². The molecule has 1 aliphatic heterocycles. The number of rotatable bonds is 3. The first-order valence-electron chi connectivity index (χ1n) is 7.95. The van der Waals surface area contributed by atoms with Gasteiger partial charge < -0.3 is 19.4 Å². The van der Waals surface area contributed by atoms with Crippen molar-refractivity contribution < 1.29 is 19.1 Å². The Balaban J connectivity index is 1.84. The number of hydrogen-bond acceptors (Lipinski definition) is 5. The Morgan fingerprint density at radius 3 is 2.20 bits per heavy atom. The third-order valence-electron chi connectivity index (χ3n) is 3.88. The number of carbonyl (C=O) groups is 2. The fourth-order valence-electron chi connectivity index (χ4n) is 2.74. The number of aryl methyl sites for hydroxylation is 2. The van der Waals surface area contributed by atoms with Gasteiger partial charge in [-0.3, -0.25) is 0 Å². The van der Waals surface area contributed by atoms with E-state index in [-0.39, 0.29) is 5.57 Å². The summed E-state index contributed by atoms with van der Waals surface area (Å²) in [6, 6.07) is 11.8. The van der Waals surface area contributed by atoms with Crippen LogP contribution in [0.3, 0.4) is 0 Å². The zero-order valence-electron chi connectivity index (χ0n) is 14.6. The molecule has 0 aliphatic carbocycles. The maximum atomic E-state index is 11.9. The van der Waals surface area contributed by atoms with Gasteiger partial charge in [0, 0.05) is 42.8 Å². The lowest BCUT2D eigenvalue weighted by Crippen LogP contribution is -2.42. The predicted octanol–water partition coefficient (Wildman–Crippen LogP) is 3.23. The van der Waals surface area contributed by atoms with Crippen LogP contribution in [0, 0.1) is 13.8 Å². The van der Waals surface area contributed by atoms with Gasteiger partial charge in [-0.05, 0) is 44.2 Å². The Morgan fingerprint density at radius 2 is 1.60 bits per heavy atom. The van der Waals surface area contributed by atoms with Crippen molar-refractivity contribution in [1.82, 2.24) is 4.57 Å². The van der Waals surface area contributed by atoms with Crippen LogP contribution in [0.15, 0.2) is 48.2 Å². The maximum Gasteiger partial charge on any atom is 0.350 e. The average Bonchev–Trinajstić information content (AvgIpc) is 2.84. The molecule has 1 aromatic heterocycles. The Morgan fingerprint density at radius 1 is 1.00 bits per heavy atom. The molecule has 25 heavy (non-hydrogen) atoms. The van der Waals surface area contributed by atoms with Crippen molar-refractivity contribution in [2.75, 3.05) is 5.32 Å². The van der Waals surface area contributed by atoms with Crippen LogP contribution in [-0.2, 0) is 19.1 Å². The van der Waals surface area contributed by atoms with Crippen molar-refractivity contribution in [3.05, 3.63) is 59.6 Å². The second-order valence-corrected chi connectivity index (χ2v) is 6.38. The van der Waals surface area contributed by atoms with Gasteiger partial charge in [-0.15, -0.1) is 0 Å². The highest BCUT2D eigenvalue weighted by Crippen LogP contribution is 2.23. The van der Waals surface area contributed by atoms with Crippen LogP contribution in [0.25, 0.3) is 5.69 Å². The molecule has 6 heteroatoms. The molecular weight excluding hydrogens is 320 g/mol. The molecule has 0 saturated carbocycles. The first-order chi connectivity index (χ1) is 11.8. The molecule has 1 fully saturated rings. The summed E-state index contributed by atoms with van der Waals surface area (Å²) in [6.45, 7) is 7.09. The van der Waals surface area contributed by atoms with Gasteiger partial charge in [-0.2, -0.15) is 0 Å². The van der Waals surface area contributed by atoms with Gasteiger partial charge in [0.05, 0.1) is 0 Å². The SMILES string of the molecule is Cc1ccc(C)n1-c1cccc(NC=C2C(=O)OC(C)(C)OC2=O)c1. The van der Waals surface area contributed by atoms with Crippen LogP contribution >= 0.6 is 0 Å². The average molecular weight is 340 g/mol. The smallest absolute Gasteiger partial charge is 0.350 e. The first-order valence-corrected chi connectivity index (χ1v) is 7.95. The molecule has 6 nitrogen and oxygen atoms in total. The van der Waals surface area contributed by atoms with Gasteiger partial charge >= 0.3 is 11.9 Å². The van der Waals surface area contributed by atoms with Crippen molar-refractivity contribution in [2.24, 2.45) is 0 Å². The van der Waals surface area contributed by atoms with E-state index in [0.717, 1.165) is 22.8 Å². The number of ether oxygens (including phenoxy) is 2. The largest absolute Gasteiger partial charge is 0.419 e. The molecule has 1 saturated heterocycles. The van der Waals surface area contributed by atoms with Gasteiger partial charge in [0.2, 0.25) is 0 Å². The molecule has 0 amide bonds. The minimum Gasteiger partial charge on any atom is -0.419 e. The van der Waals surface area contributed by atoms with Gasteiger partial charge in [0.15, 0.2) is 5.57 Å². The summed E-state index contributed by atoms with van der Waals surface area (Å²) in [6.07, 6.45) is 1.31. The molecular formula is C19H20N2O4. The number of esters is 2. The number of nitrogens with one attached hydrogen (secondary N) is 1. The highest BCUT2D eigenvalue weighted by atomic mass is 16.7. The van der Waals surface area contributed by atoms with Crippen molar-refractivity contribution >= 4 is 17.6 Å². The minimum atomic E-state index is -1.24. The molecule has 1 aromatic carbocycles. The monoisotopic (exact) mass is 340 g/mol. The molecule has 2 heterocycles. The predicted molar refractivity (Wildman–Crippen MR) is 93.2 cm³/mol. The number of benzene rings is 1. The van der Waals surface area contributed by atoms with E-state index in [4.69, 9.17) is 9.47 Å². The van der Waals surface area contributed by atoms with Crippen LogP contribution in [0.2, 0.25) is 0 Å². The van der Waals surface area contributed by atoms with E-state index in [1.165, 1.54) is 20.0 Å². The summed E-state index contributed by atoms with van der Waals surface area (Å²) >= 11 is 0.